The quantitative estimate of drug-likeness (QED) is 0.369. The number of nitrogens with one attached hydrogen (secondary N) is 1. The molecule has 1 aromatic carbocycles. The fourth-order valence-corrected chi connectivity index (χ4v) is 5.19. The zero-order valence-corrected chi connectivity index (χ0v) is 22.3. The van der Waals surface area contributed by atoms with Crippen LogP contribution in [0.5, 0.6) is 0 Å². The molecule has 0 fully saturated rings. The molecule has 1 atom stereocenters. The maximum atomic E-state index is 14.7. The van der Waals surface area contributed by atoms with Gasteiger partial charge in [0.05, 0.1) is 22.3 Å². The van der Waals surface area contributed by atoms with Crippen LogP contribution in [0.1, 0.15) is 50.4 Å². The van der Waals surface area contributed by atoms with Gasteiger partial charge in [-0.1, -0.05) is 13.0 Å². The van der Waals surface area contributed by atoms with Gasteiger partial charge >= 0.3 is 0 Å². The first-order valence-electron chi connectivity index (χ1n) is 13.0. The molecule has 4 aromatic rings. The second-order valence-corrected chi connectivity index (χ2v) is 10.7. The number of halogens is 1. The monoisotopic (exact) mass is 502 g/mol. The average Bonchev–Trinajstić information content (AvgIpc) is 3.14. The van der Waals surface area contributed by atoms with E-state index in [0.717, 1.165) is 30.5 Å². The van der Waals surface area contributed by atoms with E-state index in [9.17, 15) is 9.18 Å². The van der Waals surface area contributed by atoms with Gasteiger partial charge in [-0.15, -0.1) is 0 Å². The minimum absolute atomic E-state index is 0.114. The number of rotatable bonds is 7. The molecule has 1 aliphatic carbocycles. The third kappa shape index (κ3) is 4.90. The van der Waals surface area contributed by atoms with E-state index in [4.69, 9.17) is 0 Å². The Balaban J connectivity index is 1.56. The number of nitrogens with zero attached hydrogens (tertiary/aromatic N) is 5. The fraction of sp³-hybridized carbons (Fsp3) is 0.414. The van der Waals surface area contributed by atoms with E-state index in [1.165, 1.54) is 31.4 Å². The van der Waals surface area contributed by atoms with E-state index in [0.29, 0.717) is 35.2 Å². The molecule has 7 nitrogen and oxygen atoms in total. The standard InChI is InChI=1S/C29H35FN6O/c1-6-13-35-28(37)24-18-32-27(17-25(24)36(35)23-11-12-31-26(16-23)29(2,3)30)33-21-9-7-19-8-10-22(34(4)5)15-20(19)14-21/h7,9,11-12,14,16-18,22H,6,8,10,13,15H2,1-5H3,(H,32,33). The SMILES string of the molecule is CCCn1c(=O)c2cnc(Nc3ccc4c(c3)CC(N(C)C)CC4)cc2n1-c1ccnc(C(C)(C)F)c1. The molecule has 0 spiro atoms. The summed E-state index contributed by atoms with van der Waals surface area (Å²) in [6.45, 7) is 5.53. The average molecular weight is 503 g/mol. The third-order valence-electron chi connectivity index (χ3n) is 7.26. The van der Waals surface area contributed by atoms with Crippen molar-refractivity contribution in [3.63, 3.8) is 0 Å². The largest absolute Gasteiger partial charge is 0.340 e. The number of alkyl halides is 1. The Kier molecular flexibility index (Phi) is 6.62. The normalized spacial score (nSPS) is 15.8. The highest BCUT2D eigenvalue weighted by molar-refractivity contribution is 5.82. The molecule has 37 heavy (non-hydrogen) atoms. The molecular formula is C29H35FN6O. The smallest absolute Gasteiger partial charge is 0.276 e. The van der Waals surface area contributed by atoms with Gasteiger partial charge < -0.3 is 10.2 Å². The van der Waals surface area contributed by atoms with Crippen LogP contribution in [-0.4, -0.2) is 44.4 Å². The van der Waals surface area contributed by atoms with Gasteiger partial charge in [0.2, 0.25) is 0 Å². The number of likely N-dealkylation sites (N-methyl/N-ethyl adjacent to an activating group) is 1. The number of benzene rings is 1. The van der Waals surface area contributed by atoms with E-state index in [1.807, 2.05) is 17.7 Å². The highest BCUT2D eigenvalue weighted by atomic mass is 19.1. The summed E-state index contributed by atoms with van der Waals surface area (Å²) in [7, 11) is 4.28. The summed E-state index contributed by atoms with van der Waals surface area (Å²) in [6.07, 6.45) is 7.29. The fourth-order valence-electron chi connectivity index (χ4n) is 5.19. The minimum atomic E-state index is -1.60. The van der Waals surface area contributed by atoms with E-state index >= 15 is 0 Å². The Labute approximate surface area is 216 Å². The molecule has 5 rings (SSSR count). The lowest BCUT2D eigenvalue weighted by Gasteiger charge is -2.30. The Morgan fingerprint density at radius 2 is 1.95 bits per heavy atom. The van der Waals surface area contributed by atoms with Crippen LogP contribution in [0.3, 0.4) is 0 Å². The van der Waals surface area contributed by atoms with Crippen LogP contribution >= 0.6 is 0 Å². The number of anilines is 2. The summed E-state index contributed by atoms with van der Waals surface area (Å²) in [4.78, 5) is 24.4. The number of hydrogen-bond acceptors (Lipinski definition) is 5. The summed E-state index contributed by atoms with van der Waals surface area (Å²) >= 11 is 0. The van der Waals surface area contributed by atoms with Crippen LogP contribution in [0, 0.1) is 0 Å². The Morgan fingerprint density at radius 3 is 2.68 bits per heavy atom. The van der Waals surface area contributed by atoms with Gasteiger partial charge in [0.1, 0.15) is 11.5 Å². The molecule has 1 unspecified atom stereocenters. The molecule has 1 aliphatic rings. The Hall–Kier alpha value is -3.52. The third-order valence-corrected chi connectivity index (χ3v) is 7.26. The molecular weight excluding hydrogens is 467 g/mol. The molecule has 3 aromatic heterocycles. The van der Waals surface area contributed by atoms with E-state index in [1.54, 1.807) is 29.2 Å². The highest BCUT2D eigenvalue weighted by Gasteiger charge is 2.23. The molecule has 0 bridgehead atoms. The number of fused-ring (bicyclic) bond motifs is 2. The highest BCUT2D eigenvalue weighted by Crippen LogP contribution is 2.29. The van der Waals surface area contributed by atoms with Crippen LogP contribution in [-0.2, 0) is 25.1 Å². The molecule has 0 radical (unpaired) electrons. The maximum absolute atomic E-state index is 14.7. The lowest BCUT2D eigenvalue weighted by molar-refractivity contribution is 0.214. The van der Waals surface area contributed by atoms with Crippen LogP contribution in [0.15, 0.2) is 53.6 Å². The molecule has 1 N–H and O–H groups in total. The Morgan fingerprint density at radius 1 is 1.14 bits per heavy atom. The van der Waals surface area contributed by atoms with Crippen molar-refractivity contribution >= 4 is 22.4 Å². The second-order valence-electron chi connectivity index (χ2n) is 10.7. The molecule has 3 heterocycles. The number of aromatic nitrogens is 4. The van der Waals surface area contributed by atoms with Gasteiger partial charge in [-0.05, 0) is 89.0 Å². The molecule has 0 saturated carbocycles. The molecule has 8 heteroatoms. The molecule has 0 aliphatic heterocycles. The maximum Gasteiger partial charge on any atom is 0.276 e. The van der Waals surface area contributed by atoms with Gasteiger partial charge in [0, 0.05) is 36.7 Å². The number of aryl methyl sites for hydroxylation is 1. The summed E-state index contributed by atoms with van der Waals surface area (Å²) in [5, 5.41) is 3.97. The van der Waals surface area contributed by atoms with Crippen molar-refractivity contribution in [3.05, 3.63) is 76.0 Å². The predicted molar refractivity (Wildman–Crippen MR) is 147 cm³/mol. The molecule has 0 amide bonds. The molecule has 194 valence electrons. The first kappa shape index (κ1) is 25.1. The van der Waals surface area contributed by atoms with Crippen molar-refractivity contribution in [1.82, 2.24) is 24.2 Å². The van der Waals surface area contributed by atoms with E-state index in [-0.39, 0.29) is 5.56 Å². The zero-order valence-electron chi connectivity index (χ0n) is 22.3. The van der Waals surface area contributed by atoms with Crippen LogP contribution in [0.4, 0.5) is 15.9 Å². The van der Waals surface area contributed by atoms with Crippen molar-refractivity contribution in [2.45, 2.75) is 64.7 Å². The van der Waals surface area contributed by atoms with Gasteiger partial charge in [-0.3, -0.25) is 9.78 Å². The number of pyridine rings is 2. The van der Waals surface area contributed by atoms with Gasteiger partial charge in [0.25, 0.3) is 5.56 Å². The minimum Gasteiger partial charge on any atom is -0.340 e. The van der Waals surface area contributed by atoms with Gasteiger partial charge in [0.15, 0.2) is 0 Å². The van der Waals surface area contributed by atoms with Crippen LogP contribution in [0.25, 0.3) is 16.6 Å². The summed E-state index contributed by atoms with van der Waals surface area (Å²) < 4.78 is 18.3. The van der Waals surface area contributed by atoms with Crippen molar-refractivity contribution in [2.75, 3.05) is 19.4 Å². The van der Waals surface area contributed by atoms with Crippen LogP contribution in [0.2, 0.25) is 0 Å². The van der Waals surface area contributed by atoms with Gasteiger partial charge in [-0.2, -0.15) is 0 Å². The van der Waals surface area contributed by atoms with Gasteiger partial charge in [-0.25, -0.2) is 18.7 Å². The number of hydrogen-bond donors (Lipinski definition) is 1. The van der Waals surface area contributed by atoms with Crippen LogP contribution < -0.4 is 10.9 Å². The summed E-state index contributed by atoms with van der Waals surface area (Å²) in [5.41, 5.74) is 3.75. The first-order chi connectivity index (χ1) is 17.7. The zero-order chi connectivity index (χ0) is 26.3. The van der Waals surface area contributed by atoms with E-state index in [2.05, 4.69) is 52.5 Å². The van der Waals surface area contributed by atoms with E-state index < -0.39 is 5.67 Å². The summed E-state index contributed by atoms with van der Waals surface area (Å²) in [6, 6.07) is 12.5. The van der Waals surface area contributed by atoms with Crippen molar-refractivity contribution in [1.29, 1.82) is 0 Å². The lowest BCUT2D eigenvalue weighted by atomic mass is 9.87. The lowest BCUT2D eigenvalue weighted by Crippen LogP contribution is -2.33. The summed E-state index contributed by atoms with van der Waals surface area (Å²) in [5.74, 6) is 0.648. The predicted octanol–water partition coefficient (Wildman–Crippen LogP) is 5.36. The second kappa shape index (κ2) is 9.74. The van der Waals surface area contributed by atoms with Crippen molar-refractivity contribution in [2.24, 2.45) is 0 Å². The van der Waals surface area contributed by atoms with Crippen molar-refractivity contribution in [3.8, 4) is 5.69 Å². The van der Waals surface area contributed by atoms with Crippen molar-refractivity contribution < 1.29 is 4.39 Å². The first-order valence-corrected chi connectivity index (χ1v) is 13.0. The topological polar surface area (TPSA) is 68.0 Å². The Bertz CT molecular complexity index is 1500. The molecule has 0 saturated heterocycles.